The number of rotatable bonds is 5. The Labute approximate surface area is 130 Å². The summed E-state index contributed by atoms with van der Waals surface area (Å²) in [4.78, 5) is 25.9. The maximum absolute atomic E-state index is 12.3. The summed E-state index contributed by atoms with van der Waals surface area (Å²) >= 11 is 0. The molecule has 1 saturated heterocycles. The lowest BCUT2D eigenvalue weighted by Crippen LogP contribution is -2.40. The van der Waals surface area contributed by atoms with Gasteiger partial charge in [-0.25, -0.2) is 0 Å². The van der Waals surface area contributed by atoms with Gasteiger partial charge in [0.15, 0.2) is 0 Å². The van der Waals surface area contributed by atoms with Gasteiger partial charge >= 0.3 is 0 Å². The molecule has 1 fully saturated rings. The summed E-state index contributed by atoms with van der Waals surface area (Å²) in [7, 11) is 0. The van der Waals surface area contributed by atoms with Crippen molar-refractivity contribution in [3.05, 3.63) is 29.8 Å². The van der Waals surface area contributed by atoms with E-state index >= 15 is 0 Å². The van der Waals surface area contributed by atoms with Crippen LogP contribution < -0.4 is 11.1 Å². The van der Waals surface area contributed by atoms with Crippen LogP contribution in [0, 0.1) is 0 Å². The van der Waals surface area contributed by atoms with Crippen LogP contribution in [0.4, 0.5) is 5.69 Å². The van der Waals surface area contributed by atoms with E-state index in [-0.39, 0.29) is 11.8 Å². The SMILES string of the molecule is CCCC(N)C(=O)Nc1ccc(C(=O)N2CCOCC2)cc1. The third kappa shape index (κ3) is 4.29. The third-order valence-electron chi connectivity index (χ3n) is 3.63. The van der Waals surface area contributed by atoms with E-state index in [1.807, 2.05) is 6.92 Å². The lowest BCUT2D eigenvalue weighted by molar-refractivity contribution is -0.117. The molecule has 2 rings (SSSR count). The Morgan fingerprint density at radius 1 is 1.27 bits per heavy atom. The van der Waals surface area contributed by atoms with Crippen LogP contribution in [-0.2, 0) is 9.53 Å². The number of hydrogen-bond acceptors (Lipinski definition) is 4. The van der Waals surface area contributed by atoms with Crippen molar-refractivity contribution in [2.24, 2.45) is 5.73 Å². The average Bonchev–Trinajstić information content (AvgIpc) is 2.56. The molecule has 1 aromatic carbocycles. The summed E-state index contributed by atoms with van der Waals surface area (Å²) in [5.74, 6) is -0.210. The van der Waals surface area contributed by atoms with Crippen LogP contribution in [0.3, 0.4) is 0 Å². The first kappa shape index (κ1) is 16.5. The van der Waals surface area contributed by atoms with Crippen LogP contribution in [0.1, 0.15) is 30.1 Å². The van der Waals surface area contributed by atoms with Crippen molar-refractivity contribution < 1.29 is 14.3 Å². The van der Waals surface area contributed by atoms with Gasteiger partial charge in [0.05, 0.1) is 19.3 Å². The molecule has 0 aliphatic carbocycles. The number of morpholine rings is 1. The molecular formula is C16H23N3O3. The van der Waals surface area contributed by atoms with Crippen molar-refractivity contribution in [2.75, 3.05) is 31.6 Å². The molecule has 120 valence electrons. The normalized spacial score (nSPS) is 16.2. The van der Waals surface area contributed by atoms with Crippen molar-refractivity contribution in [1.29, 1.82) is 0 Å². The first-order valence-electron chi connectivity index (χ1n) is 7.65. The molecule has 0 spiro atoms. The molecule has 0 saturated carbocycles. The summed E-state index contributed by atoms with van der Waals surface area (Å²) in [5.41, 5.74) is 7.02. The van der Waals surface area contributed by atoms with E-state index in [1.165, 1.54) is 0 Å². The van der Waals surface area contributed by atoms with Gasteiger partial charge < -0.3 is 20.7 Å². The number of carbonyl (C=O) groups excluding carboxylic acids is 2. The summed E-state index contributed by atoms with van der Waals surface area (Å²) < 4.78 is 5.24. The molecule has 6 heteroatoms. The molecule has 1 atom stereocenters. The molecule has 1 aliphatic rings. The Balaban J connectivity index is 1.95. The summed E-state index contributed by atoms with van der Waals surface area (Å²) in [6, 6.07) is 6.39. The van der Waals surface area contributed by atoms with E-state index in [0.29, 0.717) is 44.0 Å². The fourth-order valence-electron chi connectivity index (χ4n) is 2.32. The predicted molar refractivity (Wildman–Crippen MR) is 84.7 cm³/mol. The number of nitrogens with one attached hydrogen (secondary N) is 1. The van der Waals surface area contributed by atoms with Gasteiger partial charge in [-0.2, -0.15) is 0 Å². The van der Waals surface area contributed by atoms with Gasteiger partial charge in [0.2, 0.25) is 5.91 Å². The number of nitrogens with zero attached hydrogens (tertiary/aromatic N) is 1. The maximum atomic E-state index is 12.3. The highest BCUT2D eigenvalue weighted by molar-refractivity contribution is 5.97. The monoisotopic (exact) mass is 305 g/mol. The zero-order valence-corrected chi connectivity index (χ0v) is 12.9. The van der Waals surface area contributed by atoms with Crippen LogP contribution in [0.2, 0.25) is 0 Å². The molecule has 6 nitrogen and oxygen atoms in total. The van der Waals surface area contributed by atoms with E-state index in [1.54, 1.807) is 29.2 Å². The Morgan fingerprint density at radius 3 is 2.50 bits per heavy atom. The van der Waals surface area contributed by atoms with Crippen LogP contribution in [0.5, 0.6) is 0 Å². The molecular weight excluding hydrogens is 282 g/mol. The summed E-state index contributed by atoms with van der Waals surface area (Å²) in [6.07, 6.45) is 1.51. The van der Waals surface area contributed by atoms with Crippen LogP contribution in [0.25, 0.3) is 0 Å². The molecule has 1 heterocycles. The lowest BCUT2D eigenvalue weighted by atomic mass is 10.1. The number of nitrogens with two attached hydrogens (primary N) is 1. The van der Waals surface area contributed by atoms with Crippen LogP contribution in [-0.4, -0.2) is 49.1 Å². The highest BCUT2D eigenvalue weighted by atomic mass is 16.5. The van der Waals surface area contributed by atoms with Gasteiger partial charge in [0.1, 0.15) is 0 Å². The topological polar surface area (TPSA) is 84.7 Å². The van der Waals surface area contributed by atoms with Gasteiger partial charge in [-0.3, -0.25) is 9.59 Å². The molecule has 22 heavy (non-hydrogen) atoms. The van der Waals surface area contributed by atoms with Gasteiger partial charge in [-0.15, -0.1) is 0 Å². The lowest BCUT2D eigenvalue weighted by Gasteiger charge is -2.26. The second kappa shape index (κ2) is 7.91. The largest absolute Gasteiger partial charge is 0.378 e. The predicted octanol–water partition coefficient (Wildman–Crippen LogP) is 1.22. The maximum Gasteiger partial charge on any atom is 0.254 e. The Morgan fingerprint density at radius 2 is 1.91 bits per heavy atom. The highest BCUT2D eigenvalue weighted by Crippen LogP contribution is 2.13. The van der Waals surface area contributed by atoms with Crippen LogP contribution >= 0.6 is 0 Å². The van der Waals surface area contributed by atoms with Crippen LogP contribution in [0.15, 0.2) is 24.3 Å². The smallest absolute Gasteiger partial charge is 0.254 e. The molecule has 2 amide bonds. The Kier molecular flexibility index (Phi) is 5.91. The molecule has 1 aliphatic heterocycles. The molecule has 0 radical (unpaired) electrons. The zero-order chi connectivity index (χ0) is 15.9. The van der Waals surface area contributed by atoms with Gasteiger partial charge in [0, 0.05) is 24.3 Å². The second-order valence-corrected chi connectivity index (χ2v) is 5.37. The fourth-order valence-corrected chi connectivity index (χ4v) is 2.32. The van der Waals surface area contributed by atoms with Gasteiger partial charge in [-0.05, 0) is 30.7 Å². The minimum atomic E-state index is -0.500. The standard InChI is InChI=1S/C16H23N3O3/c1-2-3-14(17)15(20)18-13-6-4-12(5-7-13)16(21)19-8-10-22-11-9-19/h4-7,14H,2-3,8-11,17H2,1H3,(H,18,20). The molecule has 0 aromatic heterocycles. The van der Waals surface area contributed by atoms with E-state index in [4.69, 9.17) is 10.5 Å². The van der Waals surface area contributed by atoms with E-state index < -0.39 is 6.04 Å². The summed E-state index contributed by atoms with van der Waals surface area (Å²) in [6.45, 7) is 4.37. The van der Waals surface area contributed by atoms with E-state index in [9.17, 15) is 9.59 Å². The molecule has 3 N–H and O–H groups in total. The van der Waals surface area contributed by atoms with Crippen molar-refractivity contribution in [2.45, 2.75) is 25.8 Å². The average molecular weight is 305 g/mol. The van der Waals surface area contributed by atoms with Gasteiger partial charge in [-0.1, -0.05) is 13.3 Å². The van der Waals surface area contributed by atoms with E-state index in [0.717, 1.165) is 6.42 Å². The number of ether oxygens (including phenoxy) is 1. The molecule has 0 bridgehead atoms. The first-order valence-corrected chi connectivity index (χ1v) is 7.65. The van der Waals surface area contributed by atoms with Crippen molar-refractivity contribution in [3.63, 3.8) is 0 Å². The second-order valence-electron chi connectivity index (χ2n) is 5.37. The molecule has 1 unspecified atom stereocenters. The van der Waals surface area contributed by atoms with Crippen molar-refractivity contribution in [1.82, 2.24) is 4.90 Å². The van der Waals surface area contributed by atoms with Crippen molar-refractivity contribution >= 4 is 17.5 Å². The quantitative estimate of drug-likeness (QED) is 0.857. The number of carbonyl (C=O) groups is 2. The minimum Gasteiger partial charge on any atom is -0.378 e. The fraction of sp³-hybridized carbons (Fsp3) is 0.500. The number of amides is 2. The van der Waals surface area contributed by atoms with Crippen molar-refractivity contribution in [3.8, 4) is 0 Å². The Hall–Kier alpha value is -1.92. The molecule has 1 aromatic rings. The summed E-state index contributed by atoms with van der Waals surface area (Å²) in [5, 5.41) is 2.76. The number of benzene rings is 1. The zero-order valence-electron chi connectivity index (χ0n) is 12.9. The Bertz CT molecular complexity index is 510. The first-order chi connectivity index (χ1) is 10.6. The number of anilines is 1. The van der Waals surface area contributed by atoms with E-state index in [2.05, 4.69) is 5.32 Å². The highest BCUT2D eigenvalue weighted by Gasteiger charge is 2.18. The number of hydrogen-bond donors (Lipinski definition) is 2. The van der Waals surface area contributed by atoms with Gasteiger partial charge in [0.25, 0.3) is 5.91 Å². The third-order valence-corrected chi connectivity index (χ3v) is 3.63. The minimum absolute atomic E-state index is 0.0103.